The number of benzene rings is 2. The first kappa shape index (κ1) is 17.2. The maximum atomic E-state index is 11.6. The molecule has 0 bridgehead atoms. The molecule has 0 aliphatic carbocycles. The number of ether oxygens (including phenoxy) is 1. The van der Waals surface area contributed by atoms with Gasteiger partial charge in [0.2, 0.25) is 0 Å². The molecule has 0 atom stereocenters. The lowest BCUT2D eigenvalue weighted by molar-refractivity contribution is 0.0699. The van der Waals surface area contributed by atoms with E-state index in [0.29, 0.717) is 34.1 Å². The van der Waals surface area contributed by atoms with E-state index in [9.17, 15) is 9.90 Å². The van der Waals surface area contributed by atoms with Crippen LogP contribution in [0.5, 0.6) is 5.75 Å². The molecule has 0 spiro atoms. The van der Waals surface area contributed by atoms with Gasteiger partial charge in [-0.05, 0) is 42.3 Å². The fraction of sp³-hybridized carbons (Fsp3) is 0.200. The fourth-order valence-corrected chi connectivity index (χ4v) is 2.74. The Balaban J connectivity index is 2.03. The van der Waals surface area contributed by atoms with E-state index in [4.69, 9.17) is 16.3 Å². The normalized spacial score (nSPS) is 11.0. The molecule has 0 aliphatic heterocycles. The average molecular weight is 356 g/mol. The number of para-hydroxylation sites is 1. The molecule has 5 heteroatoms. The fourth-order valence-electron chi connectivity index (χ4n) is 2.52. The minimum Gasteiger partial charge on any atom is -0.493 e. The molecule has 1 heterocycles. The lowest BCUT2D eigenvalue weighted by Gasteiger charge is -2.10. The minimum absolute atomic E-state index is 0.183. The van der Waals surface area contributed by atoms with Gasteiger partial charge in [-0.15, -0.1) is 0 Å². The smallest absolute Gasteiger partial charge is 0.336 e. The van der Waals surface area contributed by atoms with Crippen LogP contribution in [0.2, 0.25) is 5.02 Å². The summed E-state index contributed by atoms with van der Waals surface area (Å²) in [5.41, 5.74) is 2.04. The van der Waals surface area contributed by atoms with Crippen molar-refractivity contribution in [2.45, 2.75) is 13.8 Å². The van der Waals surface area contributed by atoms with Gasteiger partial charge in [-0.25, -0.2) is 9.78 Å². The summed E-state index contributed by atoms with van der Waals surface area (Å²) in [6.45, 7) is 4.82. The van der Waals surface area contributed by atoms with E-state index < -0.39 is 5.97 Å². The monoisotopic (exact) mass is 355 g/mol. The molecule has 3 aromatic rings. The number of pyridine rings is 1. The number of halogens is 1. The van der Waals surface area contributed by atoms with Crippen LogP contribution in [0.25, 0.3) is 22.2 Å². The quantitative estimate of drug-likeness (QED) is 0.675. The molecule has 1 aromatic heterocycles. The third-order valence-electron chi connectivity index (χ3n) is 3.75. The summed E-state index contributed by atoms with van der Waals surface area (Å²) < 4.78 is 5.67. The summed E-state index contributed by atoms with van der Waals surface area (Å²) in [6.07, 6.45) is 0. The number of carboxylic acids is 1. The highest BCUT2D eigenvalue weighted by molar-refractivity contribution is 6.35. The molecular weight excluding hydrogens is 338 g/mol. The van der Waals surface area contributed by atoms with Crippen LogP contribution >= 0.6 is 11.6 Å². The molecule has 128 valence electrons. The molecule has 25 heavy (non-hydrogen) atoms. The van der Waals surface area contributed by atoms with Crippen molar-refractivity contribution in [3.05, 3.63) is 59.1 Å². The summed E-state index contributed by atoms with van der Waals surface area (Å²) in [4.78, 5) is 16.2. The second-order valence-electron chi connectivity index (χ2n) is 6.23. The summed E-state index contributed by atoms with van der Waals surface area (Å²) in [5, 5.41) is 10.5. The molecule has 0 unspecified atom stereocenters. The molecule has 4 nitrogen and oxygen atoms in total. The van der Waals surface area contributed by atoms with Crippen LogP contribution in [-0.2, 0) is 0 Å². The highest BCUT2D eigenvalue weighted by Crippen LogP contribution is 2.30. The summed E-state index contributed by atoms with van der Waals surface area (Å²) >= 11 is 6.21. The average Bonchev–Trinajstić information content (AvgIpc) is 2.60. The number of hydrogen-bond donors (Lipinski definition) is 1. The summed E-state index contributed by atoms with van der Waals surface area (Å²) in [6, 6.07) is 14.2. The molecule has 0 saturated carbocycles. The first-order valence-electron chi connectivity index (χ1n) is 8.01. The Kier molecular flexibility index (Phi) is 4.91. The number of carbonyl (C=O) groups is 1. The predicted molar refractivity (Wildman–Crippen MR) is 99.5 cm³/mol. The Labute approximate surface area is 151 Å². The van der Waals surface area contributed by atoms with Gasteiger partial charge in [0.25, 0.3) is 0 Å². The number of carboxylic acid groups (broad SMARTS) is 1. The van der Waals surface area contributed by atoms with Crippen LogP contribution in [0, 0.1) is 5.92 Å². The van der Waals surface area contributed by atoms with Crippen molar-refractivity contribution in [2.24, 2.45) is 5.92 Å². The Morgan fingerprint density at radius 1 is 1.20 bits per heavy atom. The Morgan fingerprint density at radius 3 is 2.56 bits per heavy atom. The molecule has 0 saturated heterocycles. The molecule has 3 rings (SSSR count). The molecule has 0 aliphatic rings. The first-order valence-corrected chi connectivity index (χ1v) is 8.39. The van der Waals surface area contributed by atoms with Crippen molar-refractivity contribution in [1.29, 1.82) is 0 Å². The van der Waals surface area contributed by atoms with Gasteiger partial charge in [0.1, 0.15) is 5.75 Å². The summed E-state index contributed by atoms with van der Waals surface area (Å²) in [5.74, 6) is 0.213. The number of nitrogens with zero attached hydrogens (tertiary/aromatic N) is 1. The lowest BCUT2D eigenvalue weighted by Crippen LogP contribution is -2.04. The zero-order valence-electron chi connectivity index (χ0n) is 14.0. The van der Waals surface area contributed by atoms with Crippen molar-refractivity contribution in [1.82, 2.24) is 4.98 Å². The van der Waals surface area contributed by atoms with E-state index in [0.717, 1.165) is 11.3 Å². The number of fused-ring (bicyclic) bond motifs is 1. The van der Waals surface area contributed by atoms with E-state index >= 15 is 0 Å². The molecule has 0 amide bonds. The Bertz CT molecular complexity index is 920. The Morgan fingerprint density at radius 2 is 1.92 bits per heavy atom. The molecule has 1 N–H and O–H groups in total. The van der Waals surface area contributed by atoms with E-state index in [1.165, 1.54) is 0 Å². The van der Waals surface area contributed by atoms with Gasteiger partial charge in [0, 0.05) is 10.9 Å². The van der Waals surface area contributed by atoms with Crippen molar-refractivity contribution < 1.29 is 14.6 Å². The molecule has 0 radical (unpaired) electrons. The van der Waals surface area contributed by atoms with Crippen molar-refractivity contribution >= 4 is 28.5 Å². The highest BCUT2D eigenvalue weighted by atomic mass is 35.5. The Hall–Kier alpha value is -2.59. The minimum atomic E-state index is -1.01. The van der Waals surface area contributed by atoms with Gasteiger partial charge in [-0.1, -0.05) is 37.6 Å². The maximum Gasteiger partial charge on any atom is 0.336 e. The van der Waals surface area contributed by atoms with Gasteiger partial charge in [0.05, 0.1) is 28.4 Å². The molecule has 2 aromatic carbocycles. The number of aromatic carboxylic acids is 1. The first-order chi connectivity index (χ1) is 12.0. The van der Waals surface area contributed by atoms with Gasteiger partial charge < -0.3 is 9.84 Å². The SMILES string of the molecule is CC(C)COc1ccc(-c2cc(C(=O)O)c3cccc(Cl)c3n2)cc1. The van der Waals surface area contributed by atoms with Gasteiger partial charge in [-0.2, -0.15) is 0 Å². The van der Waals surface area contributed by atoms with Crippen LogP contribution in [0.3, 0.4) is 0 Å². The van der Waals surface area contributed by atoms with Crippen LogP contribution < -0.4 is 4.74 Å². The maximum absolute atomic E-state index is 11.6. The van der Waals surface area contributed by atoms with Crippen molar-refractivity contribution in [3.8, 4) is 17.0 Å². The lowest BCUT2D eigenvalue weighted by atomic mass is 10.0. The zero-order chi connectivity index (χ0) is 18.0. The molecular formula is C20H18ClNO3. The van der Waals surface area contributed by atoms with Crippen molar-refractivity contribution in [3.63, 3.8) is 0 Å². The topological polar surface area (TPSA) is 59.4 Å². The van der Waals surface area contributed by atoms with Crippen LogP contribution in [0.1, 0.15) is 24.2 Å². The number of aromatic nitrogens is 1. The third-order valence-corrected chi connectivity index (χ3v) is 4.06. The van der Waals surface area contributed by atoms with E-state index in [2.05, 4.69) is 18.8 Å². The third kappa shape index (κ3) is 3.74. The zero-order valence-corrected chi connectivity index (χ0v) is 14.7. The van der Waals surface area contributed by atoms with Gasteiger partial charge >= 0.3 is 5.97 Å². The highest BCUT2D eigenvalue weighted by Gasteiger charge is 2.14. The number of hydrogen-bond acceptors (Lipinski definition) is 3. The van der Waals surface area contributed by atoms with Gasteiger partial charge in [-0.3, -0.25) is 0 Å². The second-order valence-corrected chi connectivity index (χ2v) is 6.63. The van der Waals surface area contributed by atoms with Crippen LogP contribution in [-0.4, -0.2) is 22.7 Å². The largest absolute Gasteiger partial charge is 0.493 e. The standard InChI is InChI=1S/C20H18ClNO3/c1-12(2)11-25-14-8-6-13(7-9-14)18-10-16(20(23)24)15-4-3-5-17(21)19(15)22-18/h3-10,12H,11H2,1-2H3,(H,23,24). The van der Waals surface area contributed by atoms with Gasteiger partial charge in [0.15, 0.2) is 0 Å². The predicted octanol–water partition coefficient (Wildman–Crippen LogP) is 5.29. The summed E-state index contributed by atoms with van der Waals surface area (Å²) in [7, 11) is 0. The number of rotatable bonds is 5. The van der Waals surface area contributed by atoms with E-state index in [1.54, 1.807) is 24.3 Å². The van der Waals surface area contributed by atoms with E-state index in [-0.39, 0.29) is 5.56 Å². The van der Waals surface area contributed by atoms with Crippen LogP contribution in [0.15, 0.2) is 48.5 Å². The van der Waals surface area contributed by atoms with E-state index in [1.807, 2.05) is 24.3 Å². The molecule has 0 fully saturated rings. The van der Waals surface area contributed by atoms with Crippen molar-refractivity contribution in [2.75, 3.05) is 6.61 Å². The van der Waals surface area contributed by atoms with Crippen LogP contribution in [0.4, 0.5) is 0 Å². The second kappa shape index (κ2) is 7.11.